The van der Waals surface area contributed by atoms with Gasteiger partial charge in [-0.3, -0.25) is 0 Å². The van der Waals surface area contributed by atoms with Gasteiger partial charge in [-0.1, -0.05) is 54.7 Å². The van der Waals surface area contributed by atoms with Crippen LogP contribution < -0.4 is 0 Å². The predicted molar refractivity (Wildman–Crippen MR) is 85.2 cm³/mol. The van der Waals surface area contributed by atoms with Crippen molar-refractivity contribution in [2.24, 2.45) is 17.8 Å². The van der Waals surface area contributed by atoms with Gasteiger partial charge < -0.3 is 0 Å². The number of hydrogen-bond donors (Lipinski definition) is 0. The van der Waals surface area contributed by atoms with Crippen LogP contribution in [0.5, 0.6) is 0 Å². The van der Waals surface area contributed by atoms with E-state index in [2.05, 4.69) is 54.7 Å². The highest BCUT2D eigenvalue weighted by molar-refractivity contribution is 5.53. The highest BCUT2D eigenvalue weighted by Crippen LogP contribution is 2.51. The summed E-state index contributed by atoms with van der Waals surface area (Å²) in [6.45, 7) is 0. The largest absolute Gasteiger partial charge is 0.0879 e. The van der Waals surface area contributed by atoms with Crippen molar-refractivity contribution in [3.05, 3.63) is 71.4 Å². The summed E-state index contributed by atoms with van der Waals surface area (Å²) in [4.78, 5) is 0. The molecule has 0 amide bonds. The highest BCUT2D eigenvalue weighted by Gasteiger charge is 2.40. The van der Waals surface area contributed by atoms with Crippen LogP contribution in [-0.2, 0) is 0 Å². The molecule has 102 valence electrons. The summed E-state index contributed by atoms with van der Waals surface area (Å²) in [5.41, 5.74) is 4.85. The summed E-state index contributed by atoms with van der Waals surface area (Å²) < 4.78 is 0. The lowest BCUT2D eigenvalue weighted by molar-refractivity contribution is 0.369. The third-order valence-corrected chi connectivity index (χ3v) is 5.24. The zero-order valence-corrected chi connectivity index (χ0v) is 12.0. The van der Waals surface area contributed by atoms with Crippen molar-refractivity contribution in [2.45, 2.75) is 32.1 Å². The van der Waals surface area contributed by atoms with Gasteiger partial charge in [-0.05, 0) is 54.7 Å². The molecule has 0 aliphatic heterocycles. The zero-order valence-electron chi connectivity index (χ0n) is 12.0. The summed E-state index contributed by atoms with van der Waals surface area (Å²) >= 11 is 0. The van der Waals surface area contributed by atoms with E-state index in [0.29, 0.717) is 11.8 Å². The highest BCUT2D eigenvalue weighted by atomic mass is 14.4. The Bertz CT molecular complexity index is 577. The van der Waals surface area contributed by atoms with E-state index in [1.807, 2.05) is 0 Å². The molecule has 0 spiro atoms. The van der Waals surface area contributed by atoms with Crippen LogP contribution in [0.25, 0.3) is 0 Å². The van der Waals surface area contributed by atoms with E-state index in [1.165, 1.54) is 32.1 Å². The maximum Gasteiger partial charge on any atom is 0.00608 e. The summed E-state index contributed by atoms with van der Waals surface area (Å²) in [5.74, 6) is 2.10. The normalized spacial score (nSPS) is 42.2. The lowest BCUT2D eigenvalue weighted by Gasteiger charge is -2.27. The van der Waals surface area contributed by atoms with Crippen molar-refractivity contribution in [2.75, 3.05) is 0 Å². The minimum absolute atomic E-state index is 0.651. The maximum absolute atomic E-state index is 2.52. The molecular weight excluding hydrogens is 240 g/mol. The van der Waals surface area contributed by atoms with Crippen molar-refractivity contribution in [1.82, 2.24) is 0 Å². The molecule has 0 heterocycles. The smallest absolute Gasteiger partial charge is 0.00608 e. The fraction of sp³-hybridized carbons (Fsp3) is 0.400. The SMILES string of the molecule is C1=CC2C3=C4C(=C/C=C\C=C/3)\CCC/C=C\C4C2CC1. The zero-order chi connectivity index (χ0) is 13.4. The number of hydrogen-bond acceptors (Lipinski definition) is 0. The van der Waals surface area contributed by atoms with Crippen LogP contribution >= 0.6 is 0 Å². The van der Waals surface area contributed by atoms with Gasteiger partial charge in [0, 0.05) is 11.8 Å². The molecule has 0 heteroatoms. The Balaban J connectivity index is 1.89. The molecule has 0 aromatic rings. The molecule has 4 rings (SSSR count). The van der Waals surface area contributed by atoms with Gasteiger partial charge in [0.15, 0.2) is 0 Å². The molecule has 0 bridgehead atoms. The van der Waals surface area contributed by atoms with Gasteiger partial charge >= 0.3 is 0 Å². The Kier molecular flexibility index (Phi) is 3.10. The van der Waals surface area contributed by atoms with Crippen LogP contribution in [-0.4, -0.2) is 0 Å². The second kappa shape index (κ2) is 5.09. The topological polar surface area (TPSA) is 0 Å². The van der Waals surface area contributed by atoms with Gasteiger partial charge in [0.25, 0.3) is 0 Å². The Hall–Kier alpha value is -1.56. The van der Waals surface area contributed by atoms with E-state index in [1.54, 1.807) is 16.7 Å². The molecule has 0 aromatic carbocycles. The van der Waals surface area contributed by atoms with Gasteiger partial charge in [0.1, 0.15) is 0 Å². The van der Waals surface area contributed by atoms with Gasteiger partial charge in [0.2, 0.25) is 0 Å². The van der Waals surface area contributed by atoms with E-state index in [4.69, 9.17) is 0 Å². The molecular formula is C20H22. The van der Waals surface area contributed by atoms with Crippen LogP contribution in [0.2, 0.25) is 0 Å². The van der Waals surface area contributed by atoms with Gasteiger partial charge in [0.05, 0.1) is 0 Å². The molecule has 20 heavy (non-hydrogen) atoms. The third-order valence-electron chi connectivity index (χ3n) is 5.24. The molecule has 3 unspecified atom stereocenters. The van der Waals surface area contributed by atoms with Crippen molar-refractivity contribution >= 4 is 0 Å². The van der Waals surface area contributed by atoms with E-state index < -0.39 is 0 Å². The molecule has 3 atom stereocenters. The Morgan fingerprint density at radius 1 is 0.900 bits per heavy atom. The average molecular weight is 262 g/mol. The lowest BCUT2D eigenvalue weighted by atomic mass is 9.77. The van der Waals surface area contributed by atoms with Crippen LogP contribution in [0, 0.1) is 17.8 Å². The van der Waals surface area contributed by atoms with Crippen molar-refractivity contribution < 1.29 is 0 Å². The predicted octanol–water partition coefficient (Wildman–Crippen LogP) is 5.29. The van der Waals surface area contributed by atoms with Crippen molar-refractivity contribution in [3.8, 4) is 0 Å². The van der Waals surface area contributed by atoms with Gasteiger partial charge in [-0.15, -0.1) is 0 Å². The molecule has 0 aromatic heterocycles. The molecule has 4 aliphatic carbocycles. The average Bonchev–Trinajstić information content (AvgIpc) is 2.72. The van der Waals surface area contributed by atoms with Gasteiger partial charge in [-0.2, -0.15) is 0 Å². The maximum atomic E-state index is 2.52. The van der Waals surface area contributed by atoms with Crippen molar-refractivity contribution in [1.29, 1.82) is 0 Å². The van der Waals surface area contributed by atoms with E-state index >= 15 is 0 Å². The number of fused-ring (bicyclic) bond motifs is 3. The summed E-state index contributed by atoms with van der Waals surface area (Å²) in [7, 11) is 0. The second-order valence-corrected chi connectivity index (χ2v) is 6.35. The van der Waals surface area contributed by atoms with E-state index in [9.17, 15) is 0 Å². The first-order valence-corrected chi connectivity index (χ1v) is 8.07. The summed E-state index contributed by atoms with van der Waals surface area (Å²) in [6, 6.07) is 0. The molecule has 0 nitrogen and oxygen atoms in total. The monoisotopic (exact) mass is 262 g/mol. The Morgan fingerprint density at radius 2 is 1.80 bits per heavy atom. The quantitative estimate of drug-likeness (QED) is 0.520. The first-order chi connectivity index (χ1) is 9.95. The molecule has 0 N–H and O–H groups in total. The van der Waals surface area contributed by atoms with Crippen LogP contribution in [0.1, 0.15) is 32.1 Å². The third kappa shape index (κ3) is 1.90. The van der Waals surface area contributed by atoms with Gasteiger partial charge in [-0.25, -0.2) is 0 Å². The number of allylic oxidation sites excluding steroid dienone is 12. The Morgan fingerprint density at radius 3 is 2.80 bits per heavy atom. The Labute approximate surface area is 122 Å². The molecule has 0 fully saturated rings. The first kappa shape index (κ1) is 12.2. The fourth-order valence-corrected chi connectivity index (χ4v) is 4.37. The van der Waals surface area contributed by atoms with Crippen LogP contribution in [0.15, 0.2) is 71.4 Å². The first-order valence-electron chi connectivity index (χ1n) is 8.07. The van der Waals surface area contributed by atoms with E-state index in [-0.39, 0.29) is 0 Å². The minimum atomic E-state index is 0.651. The molecule has 0 saturated carbocycles. The molecule has 0 saturated heterocycles. The van der Waals surface area contributed by atoms with E-state index in [0.717, 1.165) is 5.92 Å². The molecule has 4 aliphatic rings. The second-order valence-electron chi connectivity index (χ2n) is 6.35. The number of rotatable bonds is 0. The lowest BCUT2D eigenvalue weighted by Crippen LogP contribution is -2.18. The van der Waals surface area contributed by atoms with Crippen LogP contribution in [0.3, 0.4) is 0 Å². The van der Waals surface area contributed by atoms with Crippen molar-refractivity contribution in [3.63, 3.8) is 0 Å². The molecule has 0 radical (unpaired) electrons. The van der Waals surface area contributed by atoms with Crippen LogP contribution in [0.4, 0.5) is 0 Å². The summed E-state index contributed by atoms with van der Waals surface area (Å²) in [5, 5.41) is 0. The minimum Gasteiger partial charge on any atom is -0.0879 e. The standard InChI is InChI=1S/C20H22/c1-3-9-15-10-4-2-6-14-19-17-12-8-7-11-16(17)18(13-5-1)20(15)19/h1,3,5-7,9,11,13-14,16-17,19H,2,4,8,10,12H2/b3-1-,5-1?,9-3?,13-5-,14-6-,15-9-,18-13?,20-15?. The fourth-order valence-electron chi connectivity index (χ4n) is 4.37. The summed E-state index contributed by atoms with van der Waals surface area (Å²) in [6.07, 6.45) is 27.6.